The van der Waals surface area contributed by atoms with Crippen molar-refractivity contribution in [2.75, 3.05) is 19.4 Å². The molecule has 0 aliphatic heterocycles. The third kappa shape index (κ3) is 3.78. The number of nitrogens with zero attached hydrogens (tertiary/aromatic N) is 1. The number of hydrogen-bond acceptors (Lipinski definition) is 3. The number of anilines is 1. The van der Waals surface area contributed by atoms with Gasteiger partial charge in [0, 0.05) is 26.2 Å². The Morgan fingerprint density at radius 1 is 1.32 bits per heavy atom. The molecule has 0 fully saturated rings. The first-order valence-corrected chi connectivity index (χ1v) is 7.56. The third-order valence-corrected chi connectivity index (χ3v) is 4.55. The Hall–Kier alpha value is -1.40. The number of sulfonamides is 1. The van der Waals surface area contributed by atoms with Gasteiger partial charge in [-0.1, -0.05) is 13.0 Å². The predicted octanol–water partition coefficient (Wildman–Crippen LogP) is 1.98. The summed E-state index contributed by atoms with van der Waals surface area (Å²) in [5, 5.41) is 2.74. The molecule has 0 aromatic heterocycles. The number of hydrogen-bond donors (Lipinski definition) is 1. The van der Waals surface area contributed by atoms with E-state index in [9.17, 15) is 13.2 Å². The molecule has 1 amide bonds. The van der Waals surface area contributed by atoms with Crippen LogP contribution in [0.3, 0.4) is 0 Å². The van der Waals surface area contributed by atoms with Gasteiger partial charge in [0.05, 0.1) is 4.90 Å². The highest BCUT2D eigenvalue weighted by Crippen LogP contribution is 2.22. The van der Waals surface area contributed by atoms with E-state index in [1.807, 2.05) is 13.8 Å². The Bertz CT molecular complexity index is 565. The average Bonchev–Trinajstić information content (AvgIpc) is 2.31. The summed E-state index contributed by atoms with van der Waals surface area (Å²) in [6.07, 6.45) is 1.17. The second-order valence-corrected chi connectivity index (χ2v) is 6.71. The minimum absolute atomic E-state index is 0.106. The lowest BCUT2D eigenvalue weighted by molar-refractivity contribution is -0.116. The summed E-state index contributed by atoms with van der Waals surface area (Å²) in [6, 6.07) is 4.73. The van der Waals surface area contributed by atoms with E-state index in [0.717, 1.165) is 16.3 Å². The number of carbonyl (C=O) groups excluding carboxylic acids is 1. The van der Waals surface area contributed by atoms with Gasteiger partial charge >= 0.3 is 0 Å². The molecule has 106 valence electrons. The van der Waals surface area contributed by atoms with Crippen LogP contribution in [-0.4, -0.2) is 32.7 Å². The Kier molecular flexibility index (Phi) is 5.08. The molecule has 6 heteroatoms. The maximum atomic E-state index is 12.0. The lowest BCUT2D eigenvalue weighted by Gasteiger charge is -2.14. The first-order valence-electron chi connectivity index (χ1n) is 6.12. The first kappa shape index (κ1) is 15.7. The summed E-state index contributed by atoms with van der Waals surface area (Å²) < 4.78 is 25.2. The molecule has 0 radical (unpaired) electrons. The fourth-order valence-corrected chi connectivity index (χ4v) is 2.48. The van der Waals surface area contributed by atoms with Gasteiger partial charge in [-0.25, -0.2) is 12.7 Å². The van der Waals surface area contributed by atoms with Crippen LogP contribution in [0.1, 0.15) is 25.3 Å². The lowest BCUT2D eigenvalue weighted by Crippen LogP contribution is -2.22. The standard InChI is InChI=1S/C13H20N2O3S/c1-5-6-13(16)14-12-9-11(8-7-10(12)2)19(17,18)15(3)4/h7-9H,5-6H2,1-4H3,(H,14,16). The smallest absolute Gasteiger partial charge is 0.242 e. The van der Waals surface area contributed by atoms with Gasteiger partial charge in [0.2, 0.25) is 15.9 Å². The Balaban J connectivity index is 3.11. The Morgan fingerprint density at radius 3 is 2.47 bits per heavy atom. The summed E-state index contributed by atoms with van der Waals surface area (Å²) >= 11 is 0. The molecule has 5 nitrogen and oxygen atoms in total. The number of amides is 1. The second kappa shape index (κ2) is 6.16. The highest BCUT2D eigenvalue weighted by molar-refractivity contribution is 7.89. The summed E-state index contributed by atoms with van der Waals surface area (Å²) in [5.74, 6) is -0.106. The SMILES string of the molecule is CCCC(=O)Nc1cc(S(=O)(=O)N(C)C)ccc1C. The van der Waals surface area contributed by atoms with Crippen molar-refractivity contribution in [2.45, 2.75) is 31.6 Å². The molecule has 0 bridgehead atoms. The highest BCUT2D eigenvalue weighted by Gasteiger charge is 2.18. The summed E-state index contributed by atoms with van der Waals surface area (Å²) in [6.45, 7) is 3.74. The van der Waals surface area contributed by atoms with E-state index >= 15 is 0 Å². The Morgan fingerprint density at radius 2 is 1.95 bits per heavy atom. The van der Waals surface area contributed by atoms with Gasteiger partial charge in [0.1, 0.15) is 0 Å². The molecule has 1 N–H and O–H groups in total. The van der Waals surface area contributed by atoms with Crippen molar-refractivity contribution in [3.8, 4) is 0 Å². The number of nitrogens with one attached hydrogen (secondary N) is 1. The summed E-state index contributed by atoms with van der Waals surface area (Å²) in [7, 11) is -0.529. The van der Waals surface area contributed by atoms with Gasteiger partial charge in [-0.15, -0.1) is 0 Å². The van der Waals surface area contributed by atoms with Gasteiger partial charge in [0.25, 0.3) is 0 Å². The van der Waals surface area contributed by atoms with Crippen LogP contribution >= 0.6 is 0 Å². The van der Waals surface area contributed by atoms with E-state index in [0.29, 0.717) is 12.1 Å². The molecule has 1 aromatic rings. The zero-order chi connectivity index (χ0) is 14.6. The molecule has 19 heavy (non-hydrogen) atoms. The van der Waals surface area contributed by atoms with Crippen LogP contribution in [0, 0.1) is 6.92 Å². The van der Waals surface area contributed by atoms with Crippen molar-refractivity contribution in [2.24, 2.45) is 0 Å². The van der Waals surface area contributed by atoms with Crippen LogP contribution in [-0.2, 0) is 14.8 Å². The van der Waals surface area contributed by atoms with Crippen molar-refractivity contribution in [1.29, 1.82) is 0 Å². The maximum Gasteiger partial charge on any atom is 0.242 e. The van der Waals surface area contributed by atoms with Crippen LogP contribution in [0.25, 0.3) is 0 Å². The molecule has 0 heterocycles. The summed E-state index contributed by atoms with van der Waals surface area (Å²) in [4.78, 5) is 11.8. The molecule has 0 aliphatic carbocycles. The largest absolute Gasteiger partial charge is 0.326 e. The van der Waals surface area contributed by atoms with Crippen molar-refractivity contribution >= 4 is 21.6 Å². The Labute approximate surface area is 114 Å². The minimum Gasteiger partial charge on any atom is -0.326 e. The quantitative estimate of drug-likeness (QED) is 0.899. The molecular formula is C13H20N2O3S. The van der Waals surface area contributed by atoms with E-state index < -0.39 is 10.0 Å². The fraction of sp³-hybridized carbons (Fsp3) is 0.462. The maximum absolute atomic E-state index is 12.0. The van der Waals surface area contributed by atoms with Crippen LogP contribution in [0.5, 0.6) is 0 Å². The topological polar surface area (TPSA) is 66.5 Å². The van der Waals surface area contributed by atoms with Gasteiger partial charge in [-0.3, -0.25) is 4.79 Å². The number of benzene rings is 1. The minimum atomic E-state index is -3.48. The van der Waals surface area contributed by atoms with Crippen molar-refractivity contribution in [3.05, 3.63) is 23.8 Å². The fourth-order valence-electron chi connectivity index (χ4n) is 1.55. The number of aryl methyl sites for hydroxylation is 1. The molecule has 0 aliphatic rings. The van der Waals surface area contributed by atoms with Crippen LogP contribution in [0.2, 0.25) is 0 Å². The van der Waals surface area contributed by atoms with E-state index in [2.05, 4.69) is 5.32 Å². The van der Waals surface area contributed by atoms with Crippen LogP contribution < -0.4 is 5.32 Å². The van der Waals surface area contributed by atoms with Crippen LogP contribution in [0.4, 0.5) is 5.69 Å². The second-order valence-electron chi connectivity index (χ2n) is 4.56. The monoisotopic (exact) mass is 284 g/mol. The molecule has 1 rings (SSSR count). The zero-order valence-corrected chi connectivity index (χ0v) is 12.5. The normalized spacial score (nSPS) is 11.6. The molecule has 0 spiro atoms. The van der Waals surface area contributed by atoms with Gasteiger partial charge in [0.15, 0.2) is 0 Å². The van der Waals surface area contributed by atoms with E-state index in [1.165, 1.54) is 20.2 Å². The van der Waals surface area contributed by atoms with Gasteiger partial charge in [-0.05, 0) is 31.0 Å². The molecule has 0 saturated carbocycles. The van der Waals surface area contributed by atoms with Crippen molar-refractivity contribution < 1.29 is 13.2 Å². The molecule has 0 atom stereocenters. The molecular weight excluding hydrogens is 264 g/mol. The van der Waals surface area contributed by atoms with Gasteiger partial charge in [-0.2, -0.15) is 0 Å². The molecule has 0 saturated heterocycles. The highest BCUT2D eigenvalue weighted by atomic mass is 32.2. The first-order chi connectivity index (χ1) is 8.78. The number of carbonyl (C=O) groups is 1. The van der Waals surface area contributed by atoms with Crippen molar-refractivity contribution in [3.63, 3.8) is 0 Å². The molecule has 0 unspecified atom stereocenters. The van der Waals surface area contributed by atoms with Crippen molar-refractivity contribution in [1.82, 2.24) is 4.31 Å². The predicted molar refractivity (Wildman–Crippen MR) is 75.6 cm³/mol. The zero-order valence-electron chi connectivity index (χ0n) is 11.7. The number of rotatable bonds is 5. The van der Waals surface area contributed by atoms with Crippen LogP contribution in [0.15, 0.2) is 23.1 Å². The lowest BCUT2D eigenvalue weighted by atomic mass is 10.2. The average molecular weight is 284 g/mol. The van der Waals surface area contributed by atoms with E-state index in [-0.39, 0.29) is 10.8 Å². The molecule has 1 aromatic carbocycles. The third-order valence-electron chi connectivity index (χ3n) is 2.74. The van der Waals surface area contributed by atoms with E-state index in [4.69, 9.17) is 0 Å². The van der Waals surface area contributed by atoms with E-state index in [1.54, 1.807) is 12.1 Å². The summed E-state index contributed by atoms with van der Waals surface area (Å²) in [5.41, 5.74) is 1.38. The van der Waals surface area contributed by atoms with Gasteiger partial charge < -0.3 is 5.32 Å².